The number of rotatable bonds is 3. The highest BCUT2D eigenvalue weighted by Crippen LogP contribution is 2.40. The van der Waals surface area contributed by atoms with Gasteiger partial charge < -0.3 is 15.6 Å². The topological polar surface area (TPSA) is 55.5 Å². The Morgan fingerprint density at radius 3 is 2.43 bits per heavy atom. The molecule has 0 aromatic heterocycles. The lowest BCUT2D eigenvalue weighted by Gasteiger charge is -2.42. The summed E-state index contributed by atoms with van der Waals surface area (Å²) < 4.78 is 18.7. The highest BCUT2D eigenvalue weighted by molar-refractivity contribution is 5.70. The van der Waals surface area contributed by atoms with Crippen LogP contribution < -0.4 is 10.5 Å². The second-order valence-electron chi connectivity index (χ2n) is 5.64. The van der Waals surface area contributed by atoms with Crippen molar-refractivity contribution < 1.29 is 14.2 Å². The molecule has 1 fully saturated rings. The van der Waals surface area contributed by atoms with E-state index in [0.717, 1.165) is 11.1 Å². The molecule has 3 rings (SSSR count). The first kappa shape index (κ1) is 14.0. The number of benzene rings is 2. The monoisotopic (exact) mass is 287 g/mol. The molecule has 0 amide bonds. The van der Waals surface area contributed by atoms with Gasteiger partial charge in [0, 0.05) is 11.1 Å². The maximum atomic E-state index is 13.4. The van der Waals surface area contributed by atoms with Crippen LogP contribution in [-0.2, 0) is 5.54 Å². The van der Waals surface area contributed by atoms with Crippen molar-refractivity contribution in [2.45, 2.75) is 24.5 Å². The molecular formula is C17H18FNO2. The zero-order valence-corrected chi connectivity index (χ0v) is 11.8. The highest BCUT2D eigenvalue weighted by atomic mass is 19.1. The standard InChI is InChI=1S/C17H18FNO2/c1-21-16-7-6-13(18)8-15(16)11-2-4-12(5-3-11)17(19)9-14(20)10-17/h2-8,14,20H,9-10,19H2,1H3. The van der Waals surface area contributed by atoms with E-state index in [4.69, 9.17) is 10.5 Å². The van der Waals surface area contributed by atoms with Crippen molar-refractivity contribution in [3.05, 3.63) is 53.8 Å². The summed E-state index contributed by atoms with van der Waals surface area (Å²) in [5.41, 5.74) is 8.38. The Hall–Kier alpha value is -1.91. The molecule has 21 heavy (non-hydrogen) atoms. The predicted octanol–water partition coefficient (Wildman–Crippen LogP) is 2.81. The molecule has 3 nitrogen and oxygen atoms in total. The Morgan fingerprint density at radius 2 is 1.86 bits per heavy atom. The fourth-order valence-corrected chi connectivity index (χ4v) is 2.90. The van der Waals surface area contributed by atoms with Crippen LogP contribution in [0, 0.1) is 5.82 Å². The Bertz CT molecular complexity index is 648. The van der Waals surface area contributed by atoms with E-state index in [-0.39, 0.29) is 11.9 Å². The summed E-state index contributed by atoms with van der Waals surface area (Å²) in [6.45, 7) is 0. The smallest absolute Gasteiger partial charge is 0.126 e. The maximum absolute atomic E-state index is 13.4. The third kappa shape index (κ3) is 2.52. The van der Waals surface area contributed by atoms with Gasteiger partial charge in [0.2, 0.25) is 0 Å². The van der Waals surface area contributed by atoms with E-state index in [9.17, 15) is 9.50 Å². The van der Waals surface area contributed by atoms with Crippen molar-refractivity contribution in [1.82, 2.24) is 0 Å². The fraction of sp³-hybridized carbons (Fsp3) is 0.294. The van der Waals surface area contributed by atoms with Gasteiger partial charge in [-0.05, 0) is 42.2 Å². The van der Waals surface area contributed by atoms with Gasteiger partial charge in [-0.3, -0.25) is 0 Å². The molecule has 0 heterocycles. The molecule has 0 aliphatic heterocycles. The average molecular weight is 287 g/mol. The van der Waals surface area contributed by atoms with E-state index in [2.05, 4.69) is 0 Å². The van der Waals surface area contributed by atoms with Gasteiger partial charge in [-0.25, -0.2) is 4.39 Å². The summed E-state index contributed by atoms with van der Waals surface area (Å²) in [7, 11) is 1.57. The first-order chi connectivity index (χ1) is 10.0. The summed E-state index contributed by atoms with van der Waals surface area (Å²) in [5, 5.41) is 9.44. The van der Waals surface area contributed by atoms with Crippen molar-refractivity contribution in [2.24, 2.45) is 5.73 Å². The molecule has 0 bridgehead atoms. The molecule has 1 aliphatic carbocycles. The minimum Gasteiger partial charge on any atom is -0.496 e. The van der Waals surface area contributed by atoms with Crippen molar-refractivity contribution >= 4 is 0 Å². The zero-order chi connectivity index (χ0) is 15.0. The molecule has 0 saturated heterocycles. The number of hydrogen-bond acceptors (Lipinski definition) is 3. The number of methoxy groups -OCH3 is 1. The molecule has 4 heteroatoms. The lowest BCUT2D eigenvalue weighted by atomic mass is 9.70. The van der Waals surface area contributed by atoms with E-state index >= 15 is 0 Å². The van der Waals surface area contributed by atoms with Crippen molar-refractivity contribution in [1.29, 1.82) is 0 Å². The normalized spacial score (nSPS) is 24.5. The largest absolute Gasteiger partial charge is 0.496 e. The molecular weight excluding hydrogens is 269 g/mol. The Balaban J connectivity index is 1.93. The van der Waals surface area contributed by atoms with Crippen LogP contribution in [0.2, 0.25) is 0 Å². The molecule has 1 aliphatic rings. The van der Waals surface area contributed by atoms with Crippen LogP contribution in [0.5, 0.6) is 5.75 Å². The van der Waals surface area contributed by atoms with Gasteiger partial charge in [0.25, 0.3) is 0 Å². The zero-order valence-electron chi connectivity index (χ0n) is 11.8. The number of ether oxygens (including phenoxy) is 1. The number of aliphatic hydroxyl groups is 1. The van der Waals surface area contributed by atoms with Gasteiger partial charge in [0.15, 0.2) is 0 Å². The lowest BCUT2D eigenvalue weighted by molar-refractivity contribution is 0.0209. The fourth-order valence-electron chi connectivity index (χ4n) is 2.90. The molecule has 0 unspecified atom stereocenters. The van der Waals surface area contributed by atoms with Crippen LogP contribution >= 0.6 is 0 Å². The second kappa shape index (κ2) is 5.13. The van der Waals surface area contributed by atoms with Crippen LogP contribution in [-0.4, -0.2) is 18.3 Å². The maximum Gasteiger partial charge on any atom is 0.126 e. The Morgan fingerprint density at radius 1 is 1.19 bits per heavy atom. The SMILES string of the molecule is COc1ccc(F)cc1-c1ccc(C2(N)CC(O)C2)cc1. The first-order valence-electron chi connectivity index (χ1n) is 6.93. The Labute approximate surface area is 123 Å². The third-order valence-electron chi connectivity index (χ3n) is 4.13. The molecule has 1 saturated carbocycles. The van der Waals surface area contributed by atoms with Crippen LogP contribution in [0.15, 0.2) is 42.5 Å². The minimum absolute atomic E-state index is 0.299. The number of halogens is 1. The van der Waals surface area contributed by atoms with E-state index in [1.165, 1.54) is 12.1 Å². The van der Waals surface area contributed by atoms with Crippen LogP contribution in [0.25, 0.3) is 11.1 Å². The van der Waals surface area contributed by atoms with Gasteiger partial charge >= 0.3 is 0 Å². The molecule has 2 aromatic carbocycles. The van der Waals surface area contributed by atoms with Gasteiger partial charge in [-0.1, -0.05) is 24.3 Å². The van der Waals surface area contributed by atoms with E-state index < -0.39 is 5.54 Å². The van der Waals surface area contributed by atoms with E-state index in [0.29, 0.717) is 24.2 Å². The molecule has 3 N–H and O–H groups in total. The molecule has 0 spiro atoms. The van der Waals surface area contributed by atoms with Gasteiger partial charge in [0.05, 0.1) is 13.2 Å². The van der Waals surface area contributed by atoms with Crippen molar-refractivity contribution in [3.8, 4) is 16.9 Å². The number of nitrogens with two attached hydrogens (primary N) is 1. The van der Waals surface area contributed by atoms with Crippen LogP contribution in [0.4, 0.5) is 4.39 Å². The lowest BCUT2D eigenvalue weighted by Crippen LogP contribution is -2.51. The summed E-state index contributed by atoms with van der Waals surface area (Å²) >= 11 is 0. The molecule has 2 aromatic rings. The average Bonchev–Trinajstić information content (AvgIpc) is 2.46. The Kier molecular flexibility index (Phi) is 3.43. The molecule has 0 atom stereocenters. The second-order valence-corrected chi connectivity index (χ2v) is 5.64. The molecule has 0 radical (unpaired) electrons. The summed E-state index contributed by atoms with van der Waals surface area (Å²) in [6, 6.07) is 12.1. The van der Waals surface area contributed by atoms with Crippen molar-refractivity contribution in [2.75, 3.05) is 7.11 Å². The summed E-state index contributed by atoms with van der Waals surface area (Å²) in [5.74, 6) is 0.331. The third-order valence-corrected chi connectivity index (χ3v) is 4.13. The minimum atomic E-state index is -0.441. The van der Waals surface area contributed by atoms with E-state index in [1.54, 1.807) is 13.2 Å². The number of aliphatic hydroxyl groups excluding tert-OH is 1. The van der Waals surface area contributed by atoms with Gasteiger partial charge in [0.1, 0.15) is 11.6 Å². The first-order valence-corrected chi connectivity index (χ1v) is 6.93. The van der Waals surface area contributed by atoms with Gasteiger partial charge in [-0.15, -0.1) is 0 Å². The molecule has 110 valence electrons. The van der Waals surface area contributed by atoms with Crippen LogP contribution in [0.3, 0.4) is 0 Å². The van der Waals surface area contributed by atoms with Crippen LogP contribution in [0.1, 0.15) is 18.4 Å². The predicted molar refractivity (Wildman–Crippen MR) is 79.5 cm³/mol. The van der Waals surface area contributed by atoms with E-state index in [1.807, 2.05) is 24.3 Å². The number of hydrogen-bond donors (Lipinski definition) is 2. The highest BCUT2D eigenvalue weighted by Gasteiger charge is 2.41. The summed E-state index contributed by atoms with van der Waals surface area (Å²) in [4.78, 5) is 0. The quantitative estimate of drug-likeness (QED) is 0.912. The van der Waals surface area contributed by atoms with Gasteiger partial charge in [-0.2, -0.15) is 0 Å². The van der Waals surface area contributed by atoms with Crippen molar-refractivity contribution in [3.63, 3.8) is 0 Å². The summed E-state index contributed by atoms with van der Waals surface area (Å²) in [6.07, 6.45) is 0.851.